The predicted octanol–water partition coefficient (Wildman–Crippen LogP) is 2.75. The smallest absolute Gasteiger partial charge is 0.228 e. The third kappa shape index (κ3) is 3.15. The summed E-state index contributed by atoms with van der Waals surface area (Å²) in [4.78, 5) is 12.0. The number of nitrogens with one attached hydrogen (secondary N) is 1. The second-order valence-electron chi connectivity index (χ2n) is 4.50. The standard InChI is InChI=1S/C16H14N2O2/c1-11-4-2-7-15(14(11)10-17)18-16(20)9-12-5-3-6-13(19)8-12/h2-8,19H,9H2,1H3,(H,18,20). The molecule has 2 rings (SSSR count). The summed E-state index contributed by atoms with van der Waals surface area (Å²) in [6.45, 7) is 1.82. The minimum Gasteiger partial charge on any atom is -0.508 e. The number of hydrogen-bond acceptors (Lipinski definition) is 3. The Bertz CT molecular complexity index is 687. The summed E-state index contributed by atoms with van der Waals surface area (Å²) in [6.07, 6.45) is 0.146. The van der Waals surface area contributed by atoms with Crippen LogP contribution < -0.4 is 5.32 Å². The molecule has 1 amide bonds. The van der Waals surface area contributed by atoms with Crippen molar-refractivity contribution < 1.29 is 9.90 Å². The first-order chi connectivity index (χ1) is 9.60. The molecule has 0 unspecified atom stereocenters. The van der Waals surface area contributed by atoms with Crippen LogP contribution in [0.3, 0.4) is 0 Å². The first kappa shape index (κ1) is 13.6. The molecule has 20 heavy (non-hydrogen) atoms. The summed E-state index contributed by atoms with van der Waals surface area (Å²) in [6, 6.07) is 13.9. The van der Waals surface area contributed by atoms with E-state index in [0.717, 1.165) is 5.56 Å². The number of aryl methyl sites for hydroxylation is 1. The molecule has 0 heterocycles. The van der Waals surface area contributed by atoms with Crippen LogP contribution in [0.4, 0.5) is 5.69 Å². The van der Waals surface area contributed by atoms with Gasteiger partial charge in [-0.25, -0.2) is 0 Å². The van der Waals surface area contributed by atoms with E-state index in [9.17, 15) is 9.90 Å². The van der Waals surface area contributed by atoms with Gasteiger partial charge in [-0.1, -0.05) is 24.3 Å². The molecule has 2 aromatic rings. The van der Waals surface area contributed by atoms with E-state index in [4.69, 9.17) is 5.26 Å². The highest BCUT2D eigenvalue weighted by atomic mass is 16.3. The fourth-order valence-corrected chi connectivity index (χ4v) is 1.97. The Morgan fingerprint density at radius 1 is 1.30 bits per heavy atom. The van der Waals surface area contributed by atoms with Gasteiger partial charge in [-0.05, 0) is 36.2 Å². The largest absolute Gasteiger partial charge is 0.508 e. The summed E-state index contributed by atoms with van der Waals surface area (Å²) in [5.74, 6) is -0.0960. The Balaban J connectivity index is 2.13. The van der Waals surface area contributed by atoms with Gasteiger partial charge in [0.1, 0.15) is 11.8 Å². The van der Waals surface area contributed by atoms with Crippen molar-refractivity contribution in [3.63, 3.8) is 0 Å². The van der Waals surface area contributed by atoms with Gasteiger partial charge in [0.2, 0.25) is 5.91 Å². The van der Waals surface area contributed by atoms with Gasteiger partial charge in [-0.2, -0.15) is 5.26 Å². The van der Waals surface area contributed by atoms with E-state index < -0.39 is 0 Å². The highest BCUT2D eigenvalue weighted by Crippen LogP contribution is 2.19. The van der Waals surface area contributed by atoms with E-state index in [2.05, 4.69) is 11.4 Å². The normalized spacial score (nSPS) is 9.80. The molecule has 0 aliphatic heterocycles. The number of phenols is 1. The molecule has 0 saturated carbocycles. The highest BCUT2D eigenvalue weighted by molar-refractivity contribution is 5.93. The van der Waals surface area contributed by atoms with Crippen molar-refractivity contribution >= 4 is 11.6 Å². The van der Waals surface area contributed by atoms with Crippen LogP contribution in [-0.2, 0) is 11.2 Å². The van der Waals surface area contributed by atoms with Crippen molar-refractivity contribution in [1.29, 1.82) is 5.26 Å². The zero-order valence-electron chi connectivity index (χ0n) is 11.1. The molecule has 0 fully saturated rings. The van der Waals surface area contributed by atoms with E-state index in [-0.39, 0.29) is 18.1 Å². The van der Waals surface area contributed by atoms with Crippen LogP contribution in [0.2, 0.25) is 0 Å². The topological polar surface area (TPSA) is 73.1 Å². The lowest BCUT2D eigenvalue weighted by Crippen LogP contribution is -2.15. The maximum Gasteiger partial charge on any atom is 0.228 e. The lowest BCUT2D eigenvalue weighted by molar-refractivity contribution is -0.115. The number of hydrogen-bond donors (Lipinski definition) is 2. The zero-order valence-corrected chi connectivity index (χ0v) is 11.1. The van der Waals surface area contributed by atoms with Crippen molar-refractivity contribution in [2.75, 3.05) is 5.32 Å². The SMILES string of the molecule is Cc1cccc(NC(=O)Cc2cccc(O)c2)c1C#N. The Morgan fingerprint density at radius 3 is 2.75 bits per heavy atom. The van der Waals surface area contributed by atoms with E-state index in [1.54, 1.807) is 36.4 Å². The quantitative estimate of drug-likeness (QED) is 0.897. The third-order valence-corrected chi connectivity index (χ3v) is 2.93. The molecule has 4 heteroatoms. The second kappa shape index (κ2) is 5.89. The molecule has 0 radical (unpaired) electrons. The molecule has 0 aliphatic carbocycles. The number of carbonyl (C=O) groups is 1. The first-order valence-corrected chi connectivity index (χ1v) is 6.17. The number of phenolic OH excluding ortho intramolecular Hbond substituents is 1. The van der Waals surface area contributed by atoms with E-state index in [0.29, 0.717) is 16.8 Å². The first-order valence-electron chi connectivity index (χ1n) is 6.17. The van der Waals surface area contributed by atoms with Crippen LogP contribution in [0.1, 0.15) is 16.7 Å². The van der Waals surface area contributed by atoms with Gasteiger partial charge in [0, 0.05) is 0 Å². The monoisotopic (exact) mass is 266 g/mol. The summed E-state index contributed by atoms with van der Waals surface area (Å²) < 4.78 is 0. The second-order valence-corrected chi connectivity index (χ2v) is 4.50. The van der Waals surface area contributed by atoms with Gasteiger partial charge in [-0.3, -0.25) is 4.79 Å². The zero-order chi connectivity index (χ0) is 14.5. The van der Waals surface area contributed by atoms with E-state index in [1.807, 2.05) is 13.0 Å². The molecule has 0 spiro atoms. The Hall–Kier alpha value is -2.80. The lowest BCUT2D eigenvalue weighted by Gasteiger charge is -2.09. The lowest BCUT2D eigenvalue weighted by atomic mass is 10.1. The molecule has 0 bridgehead atoms. The summed E-state index contributed by atoms with van der Waals surface area (Å²) in [7, 11) is 0. The molecule has 100 valence electrons. The summed E-state index contributed by atoms with van der Waals surface area (Å²) in [5, 5.41) is 21.2. The molecular formula is C16H14N2O2. The minimum absolute atomic E-state index is 0.128. The van der Waals surface area contributed by atoms with Gasteiger partial charge >= 0.3 is 0 Å². The molecule has 2 N–H and O–H groups in total. The van der Waals surface area contributed by atoms with Gasteiger partial charge in [0.15, 0.2) is 0 Å². The molecule has 0 aromatic heterocycles. The van der Waals surface area contributed by atoms with Crippen molar-refractivity contribution in [2.24, 2.45) is 0 Å². The third-order valence-electron chi connectivity index (χ3n) is 2.93. The van der Waals surface area contributed by atoms with Crippen LogP contribution in [-0.4, -0.2) is 11.0 Å². The molecule has 2 aromatic carbocycles. The minimum atomic E-state index is -0.224. The van der Waals surface area contributed by atoms with Gasteiger partial charge < -0.3 is 10.4 Å². The highest BCUT2D eigenvalue weighted by Gasteiger charge is 2.09. The number of amides is 1. The molecule has 0 saturated heterocycles. The van der Waals surface area contributed by atoms with Gasteiger partial charge in [-0.15, -0.1) is 0 Å². The van der Waals surface area contributed by atoms with E-state index in [1.165, 1.54) is 0 Å². The summed E-state index contributed by atoms with van der Waals surface area (Å²) >= 11 is 0. The van der Waals surface area contributed by atoms with Crippen LogP contribution in [0.25, 0.3) is 0 Å². The Morgan fingerprint density at radius 2 is 2.05 bits per heavy atom. The average molecular weight is 266 g/mol. The van der Waals surface area contributed by atoms with Crippen molar-refractivity contribution in [3.8, 4) is 11.8 Å². The number of nitriles is 1. The van der Waals surface area contributed by atoms with E-state index >= 15 is 0 Å². The van der Waals surface area contributed by atoms with Gasteiger partial charge in [0.25, 0.3) is 0 Å². The fraction of sp³-hybridized carbons (Fsp3) is 0.125. The molecule has 0 atom stereocenters. The average Bonchev–Trinajstić information content (AvgIpc) is 2.38. The summed E-state index contributed by atoms with van der Waals surface area (Å²) in [5.41, 5.74) is 2.52. The molecule has 0 aliphatic rings. The number of rotatable bonds is 3. The Labute approximate surface area is 117 Å². The van der Waals surface area contributed by atoms with Crippen LogP contribution >= 0.6 is 0 Å². The molecule has 4 nitrogen and oxygen atoms in total. The van der Waals surface area contributed by atoms with Crippen LogP contribution in [0.15, 0.2) is 42.5 Å². The van der Waals surface area contributed by atoms with Crippen LogP contribution in [0.5, 0.6) is 5.75 Å². The Kier molecular flexibility index (Phi) is 4.02. The molecular weight excluding hydrogens is 252 g/mol. The maximum absolute atomic E-state index is 12.0. The maximum atomic E-state index is 12.0. The van der Waals surface area contributed by atoms with Crippen molar-refractivity contribution in [2.45, 2.75) is 13.3 Å². The van der Waals surface area contributed by atoms with Crippen LogP contribution in [0, 0.1) is 18.3 Å². The van der Waals surface area contributed by atoms with Gasteiger partial charge in [0.05, 0.1) is 17.7 Å². The number of carbonyl (C=O) groups excluding carboxylic acids is 1. The predicted molar refractivity (Wildman–Crippen MR) is 76.3 cm³/mol. The number of anilines is 1. The van der Waals surface area contributed by atoms with Crippen molar-refractivity contribution in [3.05, 3.63) is 59.2 Å². The fourth-order valence-electron chi connectivity index (χ4n) is 1.97. The number of nitrogens with zero attached hydrogens (tertiary/aromatic N) is 1. The number of benzene rings is 2. The van der Waals surface area contributed by atoms with Crippen molar-refractivity contribution in [1.82, 2.24) is 0 Å². The number of aromatic hydroxyl groups is 1.